The molecule has 0 saturated carbocycles. The molecular weight excluding hydrogens is 699 g/mol. The van der Waals surface area contributed by atoms with Crippen LogP contribution < -0.4 is 4.90 Å². The number of aryl methyl sites for hydroxylation is 2. The van der Waals surface area contributed by atoms with Crippen LogP contribution in [0.15, 0.2) is 188 Å². The van der Waals surface area contributed by atoms with Crippen LogP contribution in [-0.2, 0) is 18.3 Å². The molecule has 58 heavy (non-hydrogen) atoms. The van der Waals surface area contributed by atoms with Gasteiger partial charge in [0.2, 0.25) is 0 Å². The van der Waals surface area contributed by atoms with Crippen molar-refractivity contribution in [3.8, 4) is 44.5 Å². The van der Waals surface area contributed by atoms with E-state index in [1.807, 2.05) is 0 Å². The summed E-state index contributed by atoms with van der Waals surface area (Å²) in [6.07, 6.45) is 4.98. The van der Waals surface area contributed by atoms with E-state index in [-0.39, 0.29) is 5.41 Å². The van der Waals surface area contributed by atoms with E-state index in [9.17, 15) is 0 Å². The molecule has 0 radical (unpaired) electrons. The third kappa shape index (κ3) is 5.68. The zero-order valence-electron chi connectivity index (χ0n) is 33.2. The highest BCUT2D eigenvalue weighted by atomic mass is 15.1. The van der Waals surface area contributed by atoms with Crippen molar-refractivity contribution >= 4 is 38.6 Å². The second-order valence-electron chi connectivity index (χ2n) is 16.8. The van der Waals surface area contributed by atoms with Gasteiger partial charge < -0.3 is 4.90 Å². The monoisotopic (exact) mass is 743 g/mol. The fourth-order valence-corrected chi connectivity index (χ4v) is 10.00. The van der Waals surface area contributed by atoms with Gasteiger partial charge in [0.05, 0.1) is 5.69 Å². The maximum atomic E-state index is 2.49. The van der Waals surface area contributed by atoms with Crippen LogP contribution in [0, 0.1) is 0 Å². The summed E-state index contributed by atoms with van der Waals surface area (Å²) in [5.41, 5.74) is 19.2. The zero-order chi connectivity index (χ0) is 38.8. The smallest absolute Gasteiger partial charge is 0.0543 e. The molecule has 0 N–H and O–H groups in total. The van der Waals surface area contributed by atoms with Gasteiger partial charge >= 0.3 is 0 Å². The number of nitrogens with zero attached hydrogens (tertiary/aromatic N) is 1. The van der Waals surface area contributed by atoms with E-state index in [2.05, 4.69) is 207 Å². The molecule has 1 heteroatoms. The SMILES string of the molecule is CC1(C)c2ccccc2-c2cc(-c3ccc(-c4ccc5c(c4)CCCC5)cc3)c(N(c3ccccc3)c3ccc(-c4cc5ccccc5c5ccccc45)cc3)cc21. The summed E-state index contributed by atoms with van der Waals surface area (Å²) in [5, 5.41) is 5.11. The molecule has 11 rings (SSSR count). The topological polar surface area (TPSA) is 3.24 Å². The molecule has 0 atom stereocenters. The van der Waals surface area contributed by atoms with E-state index in [1.54, 1.807) is 0 Å². The largest absolute Gasteiger partial charge is 0.310 e. The van der Waals surface area contributed by atoms with Crippen LogP contribution in [0.25, 0.3) is 66.1 Å². The van der Waals surface area contributed by atoms with Gasteiger partial charge in [-0.1, -0.05) is 159 Å². The molecule has 0 spiro atoms. The number of anilines is 3. The first-order chi connectivity index (χ1) is 28.5. The zero-order valence-corrected chi connectivity index (χ0v) is 33.2. The predicted octanol–water partition coefficient (Wildman–Crippen LogP) is 15.6. The second kappa shape index (κ2) is 13.7. The standard InChI is InChI=1S/C57H45N/c1-57(2)54-23-13-12-22-50(54)53-36-52(41-27-24-39(25-28-41)43-29-26-38-14-6-7-15-42(38)34-43)56(37-55(53)57)58(45-17-4-3-5-18-45)46-32-30-40(31-33-46)51-35-44-16-8-9-19-47(44)48-20-10-11-21-49(48)51/h3-5,8-13,16-37H,6-7,14-15H2,1-2H3. The summed E-state index contributed by atoms with van der Waals surface area (Å²) < 4.78 is 0. The molecule has 9 aromatic rings. The Morgan fingerprint density at radius 3 is 1.79 bits per heavy atom. The molecule has 0 aliphatic heterocycles. The van der Waals surface area contributed by atoms with Gasteiger partial charge in [-0.05, 0) is 151 Å². The van der Waals surface area contributed by atoms with Gasteiger partial charge in [-0.25, -0.2) is 0 Å². The van der Waals surface area contributed by atoms with E-state index in [0.717, 1.165) is 11.4 Å². The molecule has 1 nitrogen and oxygen atoms in total. The molecule has 0 unspecified atom stereocenters. The van der Waals surface area contributed by atoms with Crippen LogP contribution in [0.2, 0.25) is 0 Å². The van der Waals surface area contributed by atoms with Crippen molar-refractivity contribution in [2.45, 2.75) is 44.9 Å². The Balaban J connectivity index is 1.08. The van der Waals surface area contributed by atoms with Crippen molar-refractivity contribution in [3.05, 3.63) is 210 Å². The Morgan fingerprint density at radius 1 is 0.379 bits per heavy atom. The lowest BCUT2D eigenvalue weighted by Crippen LogP contribution is -2.17. The van der Waals surface area contributed by atoms with E-state index >= 15 is 0 Å². The van der Waals surface area contributed by atoms with Gasteiger partial charge in [0, 0.05) is 22.4 Å². The Hall–Kier alpha value is -6.70. The summed E-state index contributed by atoms with van der Waals surface area (Å²) in [6, 6.07) is 70.4. The van der Waals surface area contributed by atoms with Crippen LogP contribution in [-0.4, -0.2) is 0 Å². The summed E-state index contributed by atoms with van der Waals surface area (Å²) in [6.45, 7) is 4.76. The molecule has 2 aliphatic rings. The van der Waals surface area contributed by atoms with Gasteiger partial charge in [0.1, 0.15) is 0 Å². The number of para-hydroxylation sites is 1. The number of rotatable bonds is 6. The minimum absolute atomic E-state index is 0.140. The number of hydrogen-bond donors (Lipinski definition) is 0. The summed E-state index contributed by atoms with van der Waals surface area (Å²) >= 11 is 0. The minimum Gasteiger partial charge on any atom is -0.310 e. The fourth-order valence-electron chi connectivity index (χ4n) is 10.00. The van der Waals surface area contributed by atoms with Gasteiger partial charge in [0.15, 0.2) is 0 Å². The van der Waals surface area contributed by atoms with Gasteiger partial charge in [0.25, 0.3) is 0 Å². The van der Waals surface area contributed by atoms with Crippen molar-refractivity contribution in [3.63, 3.8) is 0 Å². The molecule has 0 heterocycles. The van der Waals surface area contributed by atoms with E-state index in [1.165, 1.54) is 120 Å². The molecule has 0 saturated heterocycles. The highest BCUT2D eigenvalue weighted by Crippen LogP contribution is 2.53. The van der Waals surface area contributed by atoms with Crippen molar-refractivity contribution in [2.24, 2.45) is 0 Å². The van der Waals surface area contributed by atoms with Crippen LogP contribution in [0.4, 0.5) is 17.1 Å². The number of hydrogen-bond acceptors (Lipinski definition) is 1. The Kier molecular flexibility index (Phi) is 8.19. The molecule has 0 fully saturated rings. The molecule has 0 amide bonds. The first-order valence-electron chi connectivity index (χ1n) is 20.9. The van der Waals surface area contributed by atoms with Crippen LogP contribution >= 0.6 is 0 Å². The van der Waals surface area contributed by atoms with Crippen LogP contribution in [0.5, 0.6) is 0 Å². The normalized spacial score (nSPS) is 13.9. The number of benzene rings is 9. The summed E-state index contributed by atoms with van der Waals surface area (Å²) in [4.78, 5) is 2.47. The lowest BCUT2D eigenvalue weighted by molar-refractivity contribution is 0.660. The highest BCUT2D eigenvalue weighted by molar-refractivity contribution is 6.13. The number of fused-ring (bicyclic) bond motifs is 7. The maximum absolute atomic E-state index is 2.49. The van der Waals surface area contributed by atoms with Gasteiger partial charge in [-0.15, -0.1) is 0 Å². The van der Waals surface area contributed by atoms with Crippen molar-refractivity contribution in [1.82, 2.24) is 0 Å². The van der Waals surface area contributed by atoms with E-state index in [4.69, 9.17) is 0 Å². The molecule has 0 bridgehead atoms. The Morgan fingerprint density at radius 2 is 0.983 bits per heavy atom. The predicted molar refractivity (Wildman–Crippen MR) is 247 cm³/mol. The molecule has 278 valence electrons. The second-order valence-corrected chi connectivity index (χ2v) is 16.8. The van der Waals surface area contributed by atoms with E-state index < -0.39 is 0 Å². The average Bonchev–Trinajstić information content (AvgIpc) is 3.51. The average molecular weight is 744 g/mol. The lowest BCUT2D eigenvalue weighted by Gasteiger charge is -2.30. The van der Waals surface area contributed by atoms with Crippen LogP contribution in [0.1, 0.15) is 48.9 Å². The lowest BCUT2D eigenvalue weighted by atomic mass is 9.81. The molecule has 0 aromatic heterocycles. The third-order valence-corrected chi connectivity index (χ3v) is 13.0. The van der Waals surface area contributed by atoms with Crippen LogP contribution in [0.3, 0.4) is 0 Å². The Bertz CT molecular complexity index is 3010. The van der Waals surface area contributed by atoms with Crippen molar-refractivity contribution < 1.29 is 0 Å². The van der Waals surface area contributed by atoms with Crippen molar-refractivity contribution in [1.29, 1.82) is 0 Å². The van der Waals surface area contributed by atoms with Gasteiger partial charge in [-0.2, -0.15) is 0 Å². The quantitative estimate of drug-likeness (QED) is 0.153. The molecule has 9 aromatic carbocycles. The van der Waals surface area contributed by atoms with Crippen molar-refractivity contribution in [2.75, 3.05) is 4.90 Å². The minimum atomic E-state index is -0.140. The first kappa shape index (κ1) is 34.5. The third-order valence-electron chi connectivity index (χ3n) is 13.0. The van der Waals surface area contributed by atoms with E-state index in [0.29, 0.717) is 0 Å². The Labute approximate surface area is 341 Å². The fraction of sp³-hybridized carbons (Fsp3) is 0.123. The maximum Gasteiger partial charge on any atom is 0.0543 e. The highest BCUT2D eigenvalue weighted by Gasteiger charge is 2.37. The molecule has 2 aliphatic carbocycles. The first-order valence-corrected chi connectivity index (χ1v) is 20.9. The van der Waals surface area contributed by atoms with Gasteiger partial charge in [-0.3, -0.25) is 0 Å². The summed E-state index contributed by atoms with van der Waals surface area (Å²) in [7, 11) is 0. The summed E-state index contributed by atoms with van der Waals surface area (Å²) in [5.74, 6) is 0. The molecular formula is C57H45N.